The van der Waals surface area contributed by atoms with Crippen molar-refractivity contribution in [2.75, 3.05) is 7.05 Å². The third-order valence-corrected chi connectivity index (χ3v) is 3.93. The smallest absolute Gasteiger partial charge is 0.408 e. The van der Waals surface area contributed by atoms with Crippen molar-refractivity contribution in [2.45, 2.75) is 46.4 Å². The van der Waals surface area contributed by atoms with Gasteiger partial charge in [-0.05, 0) is 17.4 Å². The molecular formula is C19H29N3O4. The van der Waals surface area contributed by atoms with Crippen molar-refractivity contribution in [3.63, 3.8) is 0 Å². The molecular weight excluding hydrogens is 334 g/mol. The minimum absolute atomic E-state index is 0.0863. The molecule has 0 aliphatic heterocycles. The summed E-state index contributed by atoms with van der Waals surface area (Å²) in [6, 6.07) is 7.80. The molecule has 144 valence electrons. The maximum Gasteiger partial charge on any atom is 0.408 e. The first-order valence-electron chi connectivity index (χ1n) is 8.75. The Balaban J connectivity index is 2.67. The Morgan fingerprint density at radius 3 is 1.92 bits per heavy atom. The van der Waals surface area contributed by atoms with Crippen LogP contribution in [-0.4, -0.2) is 37.0 Å². The van der Waals surface area contributed by atoms with Gasteiger partial charge in [-0.1, -0.05) is 58.0 Å². The number of alkyl carbamates (subject to hydrolysis) is 1. The standard InChI is InChI=1S/C19H29N3O4/c1-12(2)15(17(23)20-5)21-18(24)16(13(3)4)22-19(25)26-11-14-9-7-6-8-10-14/h6-10,12-13,15-16H,11H2,1-5H3,(H,20,23)(H,21,24)(H,22,25)/t15-,16-/m0/s1. The lowest BCUT2D eigenvalue weighted by molar-refractivity contribution is -0.131. The van der Waals surface area contributed by atoms with Crippen molar-refractivity contribution in [3.8, 4) is 0 Å². The van der Waals surface area contributed by atoms with E-state index in [0.717, 1.165) is 5.56 Å². The van der Waals surface area contributed by atoms with Crippen LogP contribution in [0, 0.1) is 11.8 Å². The van der Waals surface area contributed by atoms with Crippen molar-refractivity contribution in [3.05, 3.63) is 35.9 Å². The molecule has 0 bridgehead atoms. The van der Waals surface area contributed by atoms with Crippen LogP contribution in [0.3, 0.4) is 0 Å². The first-order chi connectivity index (χ1) is 12.3. The molecule has 7 nitrogen and oxygen atoms in total. The van der Waals surface area contributed by atoms with Gasteiger partial charge in [-0.2, -0.15) is 0 Å². The highest BCUT2D eigenvalue weighted by Crippen LogP contribution is 2.07. The van der Waals surface area contributed by atoms with E-state index in [1.165, 1.54) is 7.05 Å². The molecule has 26 heavy (non-hydrogen) atoms. The summed E-state index contributed by atoms with van der Waals surface area (Å²) < 4.78 is 5.17. The first kappa shape index (κ1) is 21.5. The Morgan fingerprint density at radius 1 is 0.885 bits per heavy atom. The third-order valence-electron chi connectivity index (χ3n) is 3.93. The summed E-state index contributed by atoms with van der Waals surface area (Å²) in [6.07, 6.45) is -0.677. The number of ether oxygens (including phenoxy) is 1. The molecule has 0 spiro atoms. The van der Waals surface area contributed by atoms with Gasteiger partial charge >= 0.3 is 6.09 Å². The molecule has 0 radical (unpaired) electrons. The monoisotopic (exact) mass is 363 g/mol. The van der Waals surface area contributed by atoms with Crippen LogP contribution in [0.5, 0.6) is 0 Å². The average Bonchev–Trinajstić information content (AvgIpc) is 2.61. The van der Waals surface area contributed by atoms with Gasteiger partial charge in [0, 0.05) is 7.05 Å². The molecule has 0 aliphatic rings. The summed E-state index contributed by atoms with van der Waals surface area (Å²) in [6.45, 7) is 7.42. The van der Waals surface area contributed by atoms with E-state index in [0.29, 0.717) is 0 Å². The second kappa shape index (κ2) is 10.4. The van der Waals surface area contributed by atoms with E-state index in [-0.39, 0.29) is 24.3 Å². The van der Waals surface area contributed by atoms with Gasteiger partial charge in [-0.15, -0.1) is 0 Å². The summed E-state index contributed by atoms with van der Waals surface area (Å²) in [5.41, 5.74) is 0.854. The lowest BCUT2D eigenvalue weighted by Crippen LogP contribution is -2.56. The van der Waals surface area contributed by atoms with E-state index in [9.17, 15) is 14.4 Å². The van der Waals surface area contributed by atoms with Crippen molar-refractivity contribution in [1.29, 1.82) is 0 Å². The summed E-state index contributed by atoms with van der Waals surface area (Å²) in [5, 5.41) is 7.82. The van der Waals surface area contributed by atoms with Gasteiger partial charge in [0.25, 0.3) is 0 Å². The summed E-state index contributed by atoms with van der Waals surface area (Å²) in [5.74, 6) is -0.949. The molecule has 3 N–H and O–H groups in total. The van der Waals surface area contributed by atoms with Crippen LogP contribution in [0.1, 0.15) is 33.3 Å². The summed E-state index contributed by atoms with van der Waals surface area (Å²) in [4.78, 5) is 36.5. The number of carbonyl (C=O) groups is 3. The molecule has 0 saturated carbocycles. The van der Waals surface area contributed by atoms with Gasteiger partial charge in [0.05, 0.1) is 0 Å². The minimum atomic E-state index is -0.802. The lowest BCUT2D eigenvalue weighted by Gasteiger charge is -2.26. The van der Waals surface area contributed by atoms with Gasteiger partial charge in [0.15, 0.2) is 0 Å². The van der Waals surface area contributed by atoms with Crippen molar-refractivity contribution < 1.29 is 19.1 Å². The Kier molecular flexibility index (Phi) is 8.61. The summed E-state index contributed by atoms with van der Waals surface area (Å²) >= 11 is 0. The van der Waals surface area contributed by atoms with Gasteiger partial charge in [-0.25, -0.2) is 4.79 Å². The second-order valence-corrected chi connectivity index (χ2v) is 6.77. The Labute approximate surface area is 154 Å². The topological polar surface area (TPSA) is 96.5 Å². The zero-order valence-electron chi connectivity index (χ0n) is 16.0. The number of nitrogens with one attached hydrogen (secondary N) is 3. The molecule has 0 aromatic heterocycles. The van der Waals surface area contributed by atoms with Crippen molar-refractivity contribution >= 4 is 17.9 Å². The minimum Gasteiger partial charge on any atom is -0.445 e. The van der Waals surface area contributed by atoms with E-state index in [4.69, 9.17) is 4.74 Å². The van der Waals surface area contributed by atoms with Crippen LogP contribution in [0.2, 0.25) is 0 Å². The molecule has 0 fully saturated rings. The molecule has 2 atom stereocenters. The number of carbonyl (C=O) groups excluding carboxylic acids is 3. The highest BCUT2D eigenvalue weighted by molar-refractivity contribution is 5.91. The quantitative estimate of drug-likeness (QED) is 0.656. The van der Waals surface area contributed by atoms with E-state index < -0.39 is 24.1 Å². The van der Waals surface area contributed by atoms with Crippen molar-refractivity contribution in [1.82, 2.24) is 16.0 Å². The Hall–Kier alpha value is -2.57. The molecule has 0 heterocycles. The Bertz CT molecular complexity index is 602. The predicted octanol–water partition coefficient (Wildman–Crippen LogP) is 1.82. The normalized spacial score (nSPS) is 13.0. The molecule has 0 saturated heterocycles. The Morgan fingerprint density at radius 2 is 1.42 bits per heavy atom. The SMILES string of the molecule is CNC(=O)[C@@H](NC(=O)[C@@H](NC(=O)OCc1ccccc1)C(C)C)C(C)C. The second-order valence-electron chi connectivity index (χ2n) is 6.77. The van der Waals surface area contributed by atoms with E-state index >= 15 is 0 Å². The molecule has 1 rings (SSSR count). The van der Waals surface area contributed by atoms with Gasteiger partial charge < -0.3 is 20.7 Å². The summed E-state index contributed by atoms with van der Waals surface area (Å²) in [7, 11) is 1.52. The highest BCUT2D eigenvalue weighted by atomic mass is 16.5. The number of amides is 3. The fourth-order valence-corrected chi connectivity index (χ4v) is 2.36. The van der Waals surface area contributed by atoms with Crippen LogP contribution in [0.4, 0.5) is 4.79 Å². The maximum absolute atomic E-state index is 12.6. The fourth-order valence-electron chi connectivity index (χ4n) is 2.36. The maximum atomic E-state index is 12.6. The van der Waals surface area contributed by atoms with Crippen LogP contribution in [-0.2, 0) is 20.9 Å². The van der Waals surface area contributed by atoms with E-state index in [1.807, 2.05) is 58.0 Å². The van der Waals surface area contributed by atoms with E-state index in [1.54, 1.807) is 0 Å². The number of hydrogen-bond donors (Lipinski definition) is 3. The molecule has 0 aliphatic carbocycles. The third kappa shape index (κ3) is 6.74. The molecule has 1 aromatic carbocycles. The lowest BCUT2D eigenvalue weighted by atomic mass is 10.00. The highest BCUT2D eigenvalue weighted by Gasteiger charge is 2.30. The molecule has 1 aromatic rings. The fraction of sp³-hybridized carbons (Fsp3) is 0.526. The predicted molar refractivity (Wildman–Crippen MR) is 99.2 cm³/mol. The van der Waals surface area contributed by atoms with Gasteiger partial charge in [0.2, 0.25) is 11.8 Å². The van der Waals surface area contributed by atoms with Crippen molar-refractivity contribution in [2.24, 2.45) is 11.8 Å². The molecule has 0 unspecified atom stereocenters. The van der Waals surface area contributed by atoms with Gasteiger partial charge in [-0.3, -0.25) is 9.59 Å². The largest absolute Gasteiger partial charge is 0.445 e. The zero-order valence-corrected chi connectivity index (χ0v) is 16.0. The van der Waals surface area contributed by atoms with Gasteiger partial charge in [0.1, 0.15) is 18.7 Å². The van der Waals surface area contributed by atoms with Crippen LogP contribution in [0.25, 0.3) is 0 Å². The number of likely N-dealkylation sites (N-methyl/N-ethyl adjacent to an activating group) is 1. The van der Waals surface area contributed by atoms with Crippen LogP contribution in [0.15, 0.2) is 30.3 Å². The molecule has 3 amide bonds. The van der Waals surface area contributed by atoms with Crippen LogP contribution < -0.4 is 16.0 Å². The van der Waals surface area contributed by atoms with Crippen LogP contribution >= 0.6 is 0 Å². The number of rotatable bonds is 8. The first-order valence-corrected chi connectivity index (χ1v) is 8.75. The molecule has 7 heteroatoms. The van der Waals surface area contributed by atoms with E-state index in [2.05, 4.69) is 16.0 Å². The number of benzene rings is 1. The zero-order chi connectivity index (χ0) is 19.7. The number of hydrogen-bond acceptors (Lipinski definition) is 4. The average molecular weight is 363 g/mol.